The van der Waals surface area contributed by atoms with E-state index in [2.05, 4.69) is 68.6 Å². The number of aromatic nitrogens is 4. The Morgan fingerprint density at radius 1 is 1.00 bits per heavy atom. The molecule has 2 aromatic heterocycles. The first-order valence-electron chi connectivity index (χ1n) is 9.78. The molecule has 0 aliphatic carbocycles. The number of hydrogen-bond donors (Lipinski definition) is 1. The van der Waals surface area contributed by atoms with Gasteiger partial charge in [0.25, 0.3) is 0 Å². The number of nitrogens with one attached hydrogen (secondary N) is 1. The zero-order valence-electron chi connectivity index (χ0n) is 15.7. The van der Waals surface area contributed by atoms with Gasteiger partial charge in [-0.3, -0.25) is 4.90 Å². The number of rotatable bonds is 5. The van der Waals surface area contributed by atoms with Crippen molar-refractivity contribution in [1.29, 1.82) is 0 Å². The Labute approximate surface area is 164 Å². The molecule has 0 saturated heterocycles. The van der Waals surface area contributed by atoms with Crippen LogP contribution in [0.3, 0.4) is 0 Å². The molecule has 0 bridgehead atoms. The first-order valence-corrected chi connectivity index (χ1v) is 9.78. The van der Waals surface area contributed by atoms with Crippen LogP contribution in [0.4, 0.5) is 0 Å². The Kier molecular flexibility index (Phi) is 4.51. The second kappa shape index (κ2) is 7.44. The predicted molar refractivity (Wildman–Crippen MR) is 109 cm³/mol. The van der Waals surface area contributed by atoms with Crippen molar-refractivity contribution in [2.75, 3.05) is 13.1 Å². The molecule has 1 atom stereocenters. The van der Waals surface area contributed by atoms with Gasteiger partial charge in [0.15, 0.2) is 0 Å². The molecule has 1 aliphatic heterocycles. The van der Waals surface area contributed by atoms with Gasteiger partial charge in [-0.2, -0.15) is 5.10 Å². The molecule has 2 aromatic carbocycles. The lowest BCUT2D eigenvalue weighted by Gasteiger charge is -2.34. The molecule has 140 valence electrons. The summed E-state index contributed by atoms with van der Waals surface area (Å²) in [4.78, 5) is 10.5. The first-order chi connectivity index (χ1) is 13.9. The Morgan fingerprint density at radius 3 is 2.61 bits per heavy atom. The Bertz CT molecular complexity index is 1040. The van der Waals surface area contributed by atoms with E-state index in [1.807, 2.05) is 35.4 Å². The first kappa shape index (κ1) is 17.0. The second-order valence-corrected chi connectivity index (χ2v) is 7.24. The highest BCUT2D eigenvalue weighted by Gasteiger charge is 2.31. The predicted octanol–water partition coefficient (Wildman–Crippen LogP) is 3.79. The quantitative estimate of drug-likeness (QED) is 0.582. The molecule has 1 aliphatic rings. The summed E-state index contributed by atoms with van der Waals surface area (Å²) in [5.41, 5.74) is 6.00. The van der Waals surface area contributed by atoms with E-state index in [4.69, 9.17) is 0 Å². The van der Waals surface area contributed by atoms with Crippen molar-refractivity contribution >= 4 is 0 Å². The summed E-state index contributed by atoms with van der Waals surface area (Å²) < 4.78 is 1.95. The summed E-state index contributed by atoms with van der Waals surface area (Å²) in [6.45, 7) is 2.01. The Morgan fingerprint density at radius 2 is 1.79 bits per heavy atom. The molecule has 5 heteroatoms. The van der Waals surface area contributed by atoms with E-state index >= 15 is 0 Å². The van der Waals surface area contributed by atoms with Crippen LogP contribution < -0.4 is 0 Å². The van der Waals surface area contributed by atoms with Crippen molar-refractivity contribution in [2.45, 2.75) is 18.9 Å². The van der Waals surface area contributed by atoms with E-state index in [9.17, 15) is 0 Å². The van der Waals surface area contributed by atoms with Crippen molar-refractivity contribution in [3.8, 4) is 5.69 Å². The van der Waals surface area contributed by atoms with Crippen molar-refractivity contribution < 1.29 is 0 Å². The molecule has 3 heterocycles. The average Bonchev–Trinajstić information content (AvgIpc) is 3.43. The standard InChI is InChI=1S/C23H23N5/c1-3-7-18(8-4-1)11-13-27-14-12-21-22(25-17-24-21)23(27)19-15-26-28(16-19)20-9-5-2-6-10-20/h1-10,15-17,23H,11-14H2,(H,24,25). The lowest BCUT2D eigenvalue weighted by atomic mass is 9.97. The summed E-state index contributed by atoms with van der Waals surface area (Å²) in [7, 11) is 0. The lowest BCUT2D eigenvalue weighted by molar-refractivity contribution is 0.211. The van der Waals surface area contributed by atoms with Crippen LogP contribution in [0.25, 0.3) is 5.69 Å². The molecule has 28 heavy (non-hydrogen) atoms. The third kappa shape index (κ3) is 3.25. The fraction of sp³-hybridized carbons (Fsp3) is 0.217. The second-order valence-electron chi connectivity index (χ2n) is 7.24. The highest BCUT2D eigenvalue weighted by molar-refractivity contribution is 5.35. The van der Waals surface area contributed by atoms with E-state index in [1.165, 1.54) is 16.8 Å². The molecule has 0 fully saturated rings. The Balaban J connectivity index is 1.44. The molecule has 5 nitrogen and oxygen atoms in total. The van der Waals surface area contributed by atoms with Crippen LogP contribution in [0.1, 0.15) is 28.6 Å². The summed E-state index contributed by atoms with van der Waals surface area (Å²) in [6.07, 6.45) is 7.98. The molecule has 0 saturated carbocycles. The third-order valence-corrected chi connectivity index (χ3v) is 5.49. The largest absolute Gasteiger partial charge is 0.348 e. The van der Waals surface area contributed by atoms with Crippen LogP contribution in [-0.4, -0.2) is 37.7 Å². The number of aromatic amines is 1. The van der Waals surface area contributed by atoms with Gasteiger partial charge in [0.2, 0.25) is 0 Å². The van der Waals surface area contributed by atoms with Gasteiger partial charge in [-0.15, -0.1) is 0 Å². The fourth-order valence-electron chi connectivity index (χ4n) is 4.05. The van der Waals surface area contributed by atoms with E-state index in [1.54, 1.807) is 0 Å². The molecule has 5 rings (SSSR count). The van der Waals surface area contributed by atoms with Crippen LogP contribution >= 0.6 is 0 Å². The number of para-hydroxylation sites is 1. The maximum absolute atomic E-state index is 4.67. The minimum atomic E-state index is 0.135. The van der Waals surface area contributed by atoms with Crippen LogP contribution in [0.15, 0.2) is 79.4 Å². The maximum Gasteiger partial charge on any atom is 0.0926 e. The van der Waals surface area contributed by atoms with Crippen molar-refractivity contribution in [1.82, 2.24) is 24.6 Å². The molecular weight excluding hydrogens is 346 g/mol. The number of hydrogen-bond acceptors (Lipinski definition) is 3. The number of fused-ring (bicyclic) bond motifs is 1. The molecule has 0 spiro atoms. The van der Waals surface area contributed by atoms with Crippen LogP contribution in [0, 0.1) is 0 Å². The van der Waals surface area contributed by atoms with Crippen molar-refractivity contribution in [3.63, 3.8) is 0 Å². The van der Waals surface area contributed by atoms with E-state index in [0.717, 1.165) is 37.3 Å². The van der Waals surface area contributed by atoms with Gasteiger partial charge in [0.1, 0.15) is 0 Å². The normalized spacial score (nSPS) is 16.8. The van der Waals surface area contributed by atoms with Gasteiger partial charge in [-0.1, -0.05) is 48.5 Å². The van der Waals surface area contributed by atoms with E-state index in [-0.39, 0.29) is 6.04 Å². The molecule has 0 radical (unpaired) electrons. The molecular formula is C23H23N5. The fourth-order valence-corrected chi connectivity index (χ4v) is 4.05. The van der Waals surface area contributed by atoms with Crippen molar-refractivity contribution in [2.24, 2.45) is 0 Å². The van der Waals surface area contributed by atoms with Crippen molar-refractivity contribution in [3.05, 3.63) is 102 Å². The lowest BCUT2D eigenvalue weighted by Crippen LogP contribution is -2.37. The smallest absolute Gasteiger partial charge is 0.0926 e. The summed E-state index contributed by atoms with van der Waals surface area (Å²) in [6, 6.07) is 21.1. The van der Waals surface area contributed by atoms with Gasteiger partial charge in [0.05, 0.1) is 29.9 Å². The summed E-state index contributed by atoms with van der Waals surface area (Å²) >= 11 is 0. The number of imidazole rings is 1. The Hall–Kier alpha value is -3.18. The zero-order chi connectivity index (χ0) is 18.8. The van der Waals surface area contributed by atoms with Gasteiger partial charge in [-0.05, 0) is 24.1 Å². The monoisotopic (exact) mass is 369 g/mol. The zero-order valence-corrected chi connectivity index (χ0v) is 15.7. The minimum absolute atomic E-state index is 0.135. The molecule has 0 amide bonds. The van der Waals surface area contributed by atoms with Crippen LogP contribution in [-0.2, 0) is 12.8 Å². The number of nitrogens with zero attached hydrogens (tertiary/aromatic N) is 4. The highest BCUT2D eigenvalue weighted by Crippen LogP contribution is 2.33. The molecule has 4 aromatic rings. The van der Waals surface area contributed by atoms with Gasteiger partial charge < -0.3 is 4.98 Å². The molecule has 1 N–H and O–H groups in total. The average molecular weight is 369 g/mol. The van der Waals surface area contributed by atoms with Gasteiger partial charge in [0, 0.05) is 37.0 Å². The highest BCUT2D eigenvalue weighted by atomic mass is 15.3. The maximum atomic E-state index is 4.67. The number of H-pyrrole nitrogens is 1. The minimum Gasteiger partial charge on any atom is -0.348 e. The third-order valence-electron chi connectivity index (χ3n) is 5.49. The van der Waals surface area contributed by atoms with Crippen LogP contribution in [0.5, 0.6) is 0 Å². The SMILES string of the molecule is c1ccc(CCN2CCc3[nH]cnc3C2c2cnn(-c3ccccc3)c2)cc1. The topological polar surface area (TPSA) is 49.7 Å². The summed E-state index contributed by atoms with van der Waals surface area (Å²) in [5, 5.41) is 4.62. The number of benzene rings is 2. The van der Waals surface area contributed by atoms with E-state index in [0.29, 0.717) is 0 Å². The summed E-state index contributed by atoms with van der Waals surface area (Å²) in [5.74, 6) is 0. The van der Waals surface area contributed by atoms with E-state index < -0.39 is 0 Å². The van der Waals surface area contributed by atoms with Gasteiger partial charge in [-0.25, -0.2) is 9.67 Å². The van der Waals surface area contributed by atoms with Crippen LogP contribution in [0.2, 0.25) is 0 Å². The molecule has 1 unspecified atom stereocenters. The van der Waals surface area contributed by atoms with Gasteiger partial charge >= 0.3 is 0 Å².